The van der Waals surface area contributed by atoms with Crippen LogP contribution in [-0.4, -0.2) is 27.5 Å². The summed E-state index contributed by atoms with van der Waals surface area (Å²) in [7, 11) is -6.04. The largest absolute Gasteiger partial charge is 0.461 e. The monoisotopic (exact) mass is 694 g/mol. The molecule has 0 radical (unpaired) electrons. The van der Waals surface area contributed by atoms with Crippen molar-refractivity contribution in [3.05, 3.63) is 105 Å². The Balaban J connectivity index is 2.32. The van der Waals surface area contributed by atoms with Gasteiger partial charge in [0.05, 0.1) is 17.8 Å². The lowest BCUT2D eigenvalue weighted by atomic mass is 9.82. The summed E-state index contributed by atoms with van der Waals surface area (Å²) in [5, 5.41) is 0. The maximum atomic E-state index is 15.3. The van der Waals surface area contributed by atoms with Gasteiger partial charge in [-0.1, -0.05) is 88.4 Å². The van der Waals surface area contributed by atoms with Crippen LogP contribution in [0.3, 0.4) is 0 Å². The fourth-order valence-electron chi connectivity index (χ4n) is 4.40. The van der Waals surface area contributed by atoms with Crippen LogP contribution in [0.15, 0.2) is 71.2 Å². The molecule has 236 valence electrons. The Kier molecular flexibility index (Phi) is 11.8. The van der Waals surface area contributed by atoms with Crippen molar-refractivity contribution in [2.24, 2.45) is 11.8 Å². The van der Waals surface area contributed by atoms with Crippen molar-refractivity contribution in [3.8, 4) is 0 Å². The van der Waals surface area contributed by atoms with E-state index in [2.05, 4.69) is 15.9 Å². The summed E-state index contributed by atoms with van der Waals surface area (Å²) in [5.74, 6) is -3.57. The number of rotatable bonds is 13. The highest BCUT2D eigenvalue weighted by Gasteiger charge is 2.52. The van der Waals surface area contributed by atoms with Crippen LogP contribution in [0.2, 0.25) is 0 Å². The lowest BCUT2D eigenvalue weighted by Gasteiger charge is -2.27. The Morgan fingerprint density at radius 1 is 0.841 bits per heavy atom. The van der Waals surface area contributed by atoms with Gasteiger partial charge in [0.1, 0.15) is 13.2 Å². The first-order valence-corrected chi connectivity index (χ1v) is 16.2. The fraction of sp³-hybridized carbons (Fsp3) is 0.344. The topological polar surface area (TPSA) is 127 Å². The molecule has 0 bridgehead atoms. The van der Waals surface area contributed by atoms with E-state index < -0.39 is 66.2 Å². The molecule has 0 heterocycles. The molecular formula is C32H34BrF2O8P. The number of Topliss-reactive ketones (excluding diaryl/α,β-unsaturated/α-hetero) is 1. The second-order valence-electron chi connectivity index (χ2n) is 10.9. The molecule has 0 saturated carbocycles. The molecule has 0 aromatic heterocycles. The van der Waals surface area contributed by atoms with Gasteiger partial charge in [0.2, 0.25) is 0 Å². The quantitative estimate of drug-likeness (QED) is 0.109. The Bertz CT molecular complexity index is 1540. The number of hydrogen-bond acceptors (Lipinski definition) is 6. The Morgan fingerprint density at radius 2 is 1.34 bits per heavy atom. The first-order valence-electron chi connectivity index (χ1n) is 13.8. The summed E-state index contributed by atoms with van der Waals surface area (Å²) in [4.78, 5) is 57.9. The molecule has 0 aliphatic carbocycles. The Morgan fingerprint density at radius 3 is 1.84 bits per heavy atom. The van der Waals surface area contributed by atoms with Crippen LogP contribution < -0.4 is 0 Å². The third-order valence-electron chi connectivity index (χ3n) is 6.92. The molecule has 0 aliphatic heterocycles. The number of halogens is 3. The Labute approximate surface area is 263 Å². The lowest BCUT2D eigenvalue weighted by molar-refractivity contribution is -0.149. The molecular weight excluding hydrogens is 661 g/mol. The normalized spacial score (nSPS) is 12.7. The third kappa shape index (κ3) is 8.27. The first kappa shape index (κ1) is 35.2. The van der Waals surface area contributed by atoms with E-state index in [1.165, 1.54) is 0 Å². The zero-order chi connectivity index (χ0) is 32.8. The van der Waals surface area contributed by atoms with E-state index in [1.807, 2.05) is 0 Å². The summed E-state index contributed by atoms with van der Waals surface area (Å²) >= 11 is 3.11. The minimum Gasteiger partial charge on any atom is -0.461 e. The molecule has 44 heavy (non-hydrogen) atoms. The molecule has 1 unspecified atom stereocenters. The molecule has 8 nitrogen and oxygen atoms in total. The highest BCUT2D eigenvalue weighted by atomic mass is 79.9. The Hall–Kier alpha value is -3.24. The molecule has 0 spiro atoms. The minimum atomic E-state index is -6.04. The van der Waals surface area contributed by atoms with Crippen molar-refractivity contribution in [1.29, 1.82) is 0 Å². The molecule has 0 saturated heterocycles. The number of ketones is 1. The molecule has 12 heteroatoms. The van der Waals surface area contributed by atoms with Gasteiger partial charge in [-0.15, -0.1) is 0 Å². The minimum absolute atomic E-state index is 0.0253. The van der Waals surface area contributed by atoms with Crippen molar-refractivity contribution >= 4 is 41.2 Å². The maximum Gasteiger partial charge on any atom is 0.399 e. The summed E-state index contributed by atoms with van der Waals surface area (Å²) in [6.07, 6.45) is -0.110. The van der Waals surface area contributed by atoms with E-state index >= 15 is 8.78 Å². The van der Waals surface area contributed by atoms with Gasteiger partial charge in [-0.05, 0) is 45.1 Å². The number of hydrogen-bond donors (Lipinski definition) is 2. The van der Waals surface area contributed by atoms with E-state index in [0.29, 0.717) is 11.1 Å². The smallest absolute Gasteiger partial charge is 0.399 e. The molecule has 3 rings (SSSR count). The van der Waals surface area contributed by atoms with Gasteiger partial charge >= 0.3 is 25.2 Å². The highest BCUT2D eigenvalue weighted by molar-refractivity contribution is 9.10. The SMILES string of the molecule is CC(C)C(=O)OCc1cc(C(F)(F)P(=O)(O)O)c(Br)c(COC(=O)C(C)C)c1CC(C(=O)c1ccccc1)c1ccccc1. The van der Waals surface area contributed by atoms with Crippen LogP contribution in [0.25, 0.3) is 0 Å². The van der Waals surface area contributed by atoms with Crippen LogP contribution in [0.5, 0.6) is 0 Å². The number of carbonyl (C=O) groups is 3. The van der Waals surface area contributed by atoms with Gasteiger partial charge in [0, 0.05) is 21.2 Å². The zero-order valence-electron chi connectivity index (χ0n) is 24.6. The zero-order valence-corrected chi connectivity index (χ0v) is 27.1. The van der Waals surface area contributed by atoms with Crippen LogP contribution in [0.4, 0.5) is 8.78 Å². The summed E-state index contributed by atoms with van der Waals surface area (Å²) in [6, 6.07) is 18.1. The predicted octanol–water partition coefficient (Wildman–Crippen LogP) is 7.28. The van der Waals surface area contributed by atoms with E-state index in [9.17, 15) is 28.7 Å². The number of benzene rings is 3. The molecule has 1 atom stereocenters. The summed E-state index contributed by atoms with van der Waals surface area (Å²) in [6.45, 7) is 5.22. The van der Waals surface area contributed by atoms with Gasteiger partial charge in [-0.2, -0.15) is 8.78 Å². The van der Waals surface area contributed by atoms with Gasteiger partial charge in [0.15, 0.2) is 5.78 Å². The number of alkyl halides is 2. The van der Waals surface area contributed by atoms with Crippen LogP contribution in [0.1, 0.15) is 71.8 Å². The second-order valence-corrected chi connectivity index (χ2v) is 13.3. The maximum absolute atomic E-state index is 15.3. The van der Waals surface area contributed by atoms with Gasteiger partial charge in [0.25, 0.3) is 0 Å². The fourth-order valence-corrected chi connectivity index (χ4v) is 5.76. The van der Waals surface area contributed by atoms with E-state index in [0.717, 1.165) is 6.07 Å². The predicted molar refractivity (Wildman–Crippen MR) is 163 cm³/mol. The molecule has 3 aromatic carbocycles. The molecule has 0 aliphatic rings. The van der Waals surface area contributed by atoms with Crippen molar-refractivity contribution in [2.75, 3.05) is 0 Å². The van der Waals surface area contributed by atoms with Crippen molar-refractivity contribution in [2.45, 2.75) is 58.9 Å². The van der Waals surface area contributed by atoms with Crippen molar-refractivity contribution in [1.82, 2.24) is 0 Å². The number of esters is 2. The van der Waals surface area contributed by atoms with E-state index in [4.69, 9.17) is 9.47 Å². The summed E-state index contributed by atoms with van der Waals surface area (Å²) < 4.78 is 52.9. The van der Waals surface area contributed by atoms with Crippen LogP contribution >= 0.6 is 23.5 Å². The summed E-state index contributed by atoms with van der Waals surface area (Å²) in [5.41, 5.74) is -4.55. The van der Waals surface area contributed by atoms with Crippen molar-refractivity contribution < 1.29 is 47.0 Å². The number of carbonyl (C=O) groups excluding carboxylic acids is 3. The van der Waals surface area contributed by atoms with Crippen LogP contribution in [-0.2, 0) is 48.9 Å². The van der Waals surface area contributed by atoms with Crippen LogP contribution in [0, 0.1) is 11.8 Å². The van der Waals surface area contributed by atoms with E-state index in [1.54, 1.807) is 88.4 Å². The van der Waals surface area contributed by atoms with E-state index in [-0.39, 0.29) is 28.9 Å². The second kappa shape index (κ2) is 14.7. The third-order valence-corrected chi connectivity index (χ3v) is 8.80. The van der Waals surface area contributed by atoms with Crippen molar-refractivity contribution in [3.63, 3.8) is 0 Å². The number of ether oxygens (including phenoxy) is 2. The average Bonchev–Trinajstić information content (AvgIpc) is 2.98. The standard InChI is InChI=1S/C32H34BrF2O8P/c1-19(2)30(37)42-17-23-15-27(32(34,35)44(39,40)41)28(33)26(18-43-31(38)20(3)4)24(23)16-25(21-11-7-5-8-12-21)29(36)22-13-9-6-10-14-22/h5-15,19-20,25H,16-18H2,1-4H3,(H2,39,40,41). The average molecular weight is 695 g/mol. The van der Waals surface area contributed by atoms with Gasteiger partial charge in [-0.25, -0.2) is 0 Å². The molecule has 2 N–H and O–H groups in total. The lowest BCUT2D eigenvalue weighted by Crippen LogP contribution is -2.22. The van der Waals surface area contributed by atoms with Gasteiger partial charge in [-0.3, -0.25) is 18.9 Å². The highest BCUT2D eigenvalue weighted by Crippen LogP contribution is 2.61. The molecule has 0 fully saturated rings. The molecule has 0 amide bonds. The first-order chi connectivity index (χ1) is 20.6. The molecule has 3 aromatic rings. The van der Waals surface area contributed by atoms with Gasteiger partial charge < -0.3 is 19.3 Å².